The van der Waals surface area contributed by atoms with Crippen LogP contribution in [-0.4, -0.2) is 18.6 Å². The lowest BCUT2D eigenvalue weighted by Crippen LogP contribution is -2.22. The number of nitrogens with zero attached hydrogens (tertiary/aromatic N) is 2. The zero-order valence-electron chi connectivity index (χ0n) is 10.9. The molecule has 0 unspecified atom stereocenters. The van der Waals surface area contributed by atoms with Crippen LogP contribution in [0.5, 0.6) is 0 Å². The summed E-state index contributed by atoms with van der Waals surface area (Å²) in [5.74, 6) is 0.888. The van der Waals surface area contributed by atoms with E-state index < -0.39 is 10.0 Å². The molecule has 0 bridgehead atoms. The van der Waals surface area contributed by atoms with Crippen LogP contribution >= 0.6 is 11.3 Å². The van der Waals surface area contributed by atoms with Crippen molar-refractivity contribution in [1.82, 2.24) is 14.9 Å². The maximum absolute atomic E-state index is 12.0. The summed E-state index contributed by atoms with van der Waals surface area (Å²) in [5.41, 5.74) is 0. The quantitative estimate of drug-likeness (QED) is 0.913. The van der Waals surface area contributed by atoms with E-state index >= 15 is 0 Å². The molecule has 2 heterocycles. The van der Waals surface area contributed by atoms with Crippen molar-refractivity contribution in [3.8, 4) is 0 Å². The SMILES string of the molecule is Cc1ccc(S(=O)(=O)NCc2nnc(C(C)C)o2)s1. The predicted octanol–water partition coefficient (Wildman–Crippen LogP) is 2.04. The maximum Gasteiger partial charge on any atom is 0.250 e. The average Bonchev–Trinajstić information content (AvgIpc) is 2.95. The molecule has 1 N–H and O–H groups in total. The number of thiophene rings is 1. The minimum Gasteiger partial charge on any atom is -0.424 e. The average molecular weight is 301 g/mol. The van der Waals surface area contributed by atoms with E-state index in [0.29, 0.717) is 5.89 Å². The van der Waals surface area contributed by atoms with Gasteiger partial charge in [-0.1, -0.05) is 13.8 Å². The molecule has 2 aromatic heterocycles. The summed E-state index contributed by atoms with van der Waals surface area (Å²) in [6.45, 7) is 5.71. The normalized spacial score (nSPS) is 12.2. The third-order valence-corrected chi connectivity index (χ3v) is 5.26. The van der Waals surface area contributed by atoms with Gasteiger partial charge in [-0.05, 0) is 19.1 Å². The standard InChI is InChI=1S/C11H15N3O3S2/c1-7(2)11-14-13-9(17-11)6-12-19(15,16)10-5-4-8(3)18-10/h4-5,7,12H,6H2,1-3H3. The molecule has 8 heteroatoms. The fourth-order valence-corrected chi connectivity index (χ4v) is 3.66. The lowest BCUT2D eigenvalue weighted by atomic mass is 10.2. The van der Waals surface area contributed by atoms with Gasteiger partial charge in [0.2, 0.25) is 11.8 Å². The Morgan fingerprint density at radius 2 is 2.11 bits per heavy atom. The van der Waals surface area contributed by atoms with Crippen molar-refractivity contribution in [1.29, 1.82) is 0 Å². The van der Waals surface area contributed by atoms with Crippen LogP contribution in [-0.2, 0) is 16.6 Å². The highest BCUT2D eigenvalue weighted by Crippen LogP contribution is 2.20. The molecule has 0 atom stereocenters. The highest BCUT2D eigenvalue weighted by atomic mass is 32.2. The minimum atomic E-state index is -3.51. The first kappa shape index (κ1) is 14.2. The summed E-state index contributed by atoms with van der Waals surface area (Å²) in [6, 6.07) is 3.35. The number of hydrogen-bond acceptors (Lipinski definition) is 6. The van der Waals surface area contributed by atoms with Crippen molar-refractivity contribution in [2.75, 3.05) is 0 Å². The number of hydrogen-bond donors (Lipinski definition) is 1. The summed E-state index contributed by atoms with van der Waals surface area (Å²) in [5, 5.41) is 7.64. The molecule has 0 saturated carbocycles. The molecule has 0 amide bonds. The lowest BCUT2D eigenvalue weighted by Gasteiger charge is -2.01. The second-order valence-corrected chi connectivity index (χ2v) is 7.66. The smallest absolute Gasteiger partial charge is 0.250 e. The van der Waals surface area contributed by atoms with E-state index in [0.717, 1.165) is 4.88 Å². The molecule has 2 rings (SSSR count). The van der Waals surface area contributed by atoms with Crippen LogP contribution in [0.4, 0.5) is 0 Å². The van der Waals surface area contributed by atoms with Crippen LogP contribution in [0.15, 0.2) is 20.8 Å². The molecule has 2 aromatic rings. The molecule has 0 aliphatic rings. The van der Waals surface area contributed by atoms with Crippen molar-refractivity contribution in [2.24, 2.45) is 0 Å². The van der Waals surface area contributed by atoms with Gasteiger partial charge in [0.15, 0.2) is 0 Å². The summed E-state index contributed by atoms with van der Waals surface area (Å²) in [7, 11) is -3.51. The molecule has 104 valence electrons. The first-order valence-corrected chi connectivity index (χ1v) is 8.07. The van der Waals surface area contributed by atoms with Gasteiger partial charge in [-0.2, -0.15) is 0 Å². The fraction of sp³-hybridized carbons (Fsp3) is 0.455. The van der Waals surface area contributed by atoms with Gasteiger partial charge < -0.3 is 4.42 Å². The van der Waals surface area contributed by atoms with Gasteiger partial charge in [0.05, 0.1) is 6.54 Å². The molecule has 0 saturated heterocycles. The number of nitrogens with one attached hydrogen (secondary N) is 1. The molecule has 0 fully saturated rings. The van der Waals surface area contributed by atoms with Crippen molar-refractivity contribution < 1.29 is 12.8 Å². The number of rotatable bonds is 5. The topological polar surface area (TPSA) is 85.1 Å². The van der Waals surface area contributed by atoms with Crippen molar-refractivity contribution >= 4 is 21.4 Å². The summed E-state index contributed by atoms with van der Waals surface area (Å²) in [6.07, 6.45) is 0. The summed E-state index contributed by atoms with van der Waals surface area (Å²) < 4.78 is 32.0. The van der Waals surface area contributed by atoms with Crippen LogP contribution in [0.25, 0.3) is 0 Å². The van der Waals surface area contributed by atoms with Gasteiger partial charge in [0.1, 0.15) is 4.21 Å². The fourth-order valence-electron chi connectivity index (χ4n) is 1.36. The molecule has 0 aromatic carbocycles. The van der Waals surface area contributed by atoms with E-state index in [-0.39, 0.29) is 22.6 Å². The monoisotopic (exact) mass is 301 g/mol. The first-order chi connectivity index (χ1) is 8.88. The van der Waals surface area contributed by atoms with Crippen molar-refractivity contribution in [3.63, 3.8) is 0 Å². The van der Waals surface area contributed by atoms with E-state index in [2.05, 4.69) is 14.9 Å². The van der Waals surface area contributed by atoms with E-state index in [1.807, 2.05) is 20.8 Å². The lowest BCUT2D eigenvalue weighted by molar-refractivity contribution is 0.427. The zero-order valence-corrected chi connectivity index (χ0v) is 12.5. The Kier molecular flexibility index (Phi) is 4.02. The Bertz CT molecular complexity index is 658. The number of sulfonamides is 1. The number of aryl methyl sites for hydroxylation is 1. The van der Waals surface area contributed by atoms with E-state index in [9.17, 15) is 8.42 Å². The Balaban J connectivity index is 2.05. The molecule has 19 heavy (non-hydrogen) atoms. The van der Waals surface area contributed by atoms with E-state index in [1.54, 1.807) is 12.1 Å². The van der Waals surface area contributed by atoms with E-state index in [4.69, 9.17) is 4.42 Å². The van der Waals surface area contributed by atoms with Crippen molar-refractivity contribution in [3.05, 3.63) is 28.8 Å². The zero-order chi connectivity index (χ0) is 14.0. The molecule has 0 spiro atoms. The maximum atomic E-state index is 12.0. The van der Waals surface area contributed by atoms with E-state index in [1.165, 1.54) is 11.3 Å². The highest BCUT2D eigenvalue weighted by molar-refractivity contribution is 7.91. The summed E-state index contributed by atoms with van der Waals surface area (Å²) in [4.78, 5) is 0.945. The molecule has 6 nitrogen and oxygen atoms in total. The van der Waals surface area contributed by atoms with Crippen LogP contribution < -0.4 is 4.72 Å². The Labute approximate surface area is 115 Å². The van der Waals surface area contributed by atoms with Crippen LogP contribution in [0.3, 0.4) is 0 Å². The Morgan fingerprint density at radius 1 is 1.37 bits per heavy atom. The predicted molar refractivity (Wildman–Crippen MR) is 71.5 cm³/mol. The molecular formula is C11H15N3O3S2. The number of aromatic nitrogens is 2. The first-order valence-electron chi connectivity index (χ1n) is 5.77. The molecular weight excluding hydrogens is 286 g/mol. The third-order valence-electron chi connectivity index (χ3n) is 2.37. The Morgan fingerprint density at radius 3 is 2.63 bits per heavy atom. The molecule has 0 radical (unpaired) electrons. The minimum absolute atomic E-state index is 0.000991. The molecule has 0 aliphatic carbocycles. The highest BCUT2D eigenvalue weighted by Gasteiger charge is 2.17. The molecule has 0 aliphatic heterocycles. The third kappa shape index (κ3) is 3.40. The summed E-state index contributed by atoms with van der Waals surface area (Å²) >= 11 is 1.22. The second kappa shape index (κ2) is 5.40. The van der Waals surface area contributed by atoms with Gasteiger partial charge in [-0.3, -0.25) is 0 Å². The largest absolute Gasteiger partial charge is 0.424 e. The van der Waals surface area contributed by atoms with Gasteiger partial charge in [-0.15, -0.1) is 21.5 Å². The van der Waals surface area contributed by atoms with Gasteiger partial charge in [0.25, 0.3) is 10.0 Å². The van der Waals surface area contributed by atoms with Gasteiger partial charge in [-0.25, -0.2) is 13.1 Å². The van der Waals surface area contributed by atoms with Crippen LogP contribution in [0.1, 0.15) is 36.4 Å². The van der Waals surface area contributed by atoms with Gasteiger partial charge in [0, 0.05) is 10.8 Å². The van der Waals surface area contributed by atoms with Gasteiger partial charge >= 0.3 is 0 Å². The van der Waals surface area contributed by atoms with Crippen LogP contribution in [0.2, 0.25) is 0 Å². The Hall–Kier alpha value is -1.25. The second-order valence-electron chi connectivity index (χ2n) is 4.38. The van der Waals surface area contributed by atoms with Crippen molar-refractivity contribution in [2.45, 2.75) is 37.4 Å². The van der Waals surface area contributed by atoms with Crippen LogP contribution in [0, 0.1) is 6.92 Å².